The highest BCUT2D eigenvalue weighted by atomic mass is 16.5. The molecule has 4 nitrogen and oxygen atoms in total. The van der Waals surface area contributed by atoms with Crippen LogP contribution in [0.15, 0.2) is 30.3 Å². The van der Waals surface area contributed by atoms with E-state index < -0.39 is 0 Å². The van der Waals surface area contributed by atoms with Crippen LogP contribution in [0.1, 0.15) is 12.8 Å². The summed E-state index contributed by atoms with van der Waals surface area (Å²) in [5.74, 6) is -0.639. The highest BCUT2D eigenvalue weighted by Crippen LogP contribution is 2.49. The van der Waals surface area contributed by atoms with E-state index in [1.165, 1.54) is 4.90 Å². The summed E-state index contributed by atoms with van der Waals surface area (Å²) in [7, 11) is 0. The van der Waals surface area contributed by atoms with Gasteiger partial charge in [0.15, 0.2) is 0 Å². The average molecular weight is 243 g/mol. The molecule has 3 aliphatic heterocycles. The van der Waals surface area contributed by atoms with Crippen molar-refractivity contribution in [2.75, 3.05) is 4.90 Å². The second kappa shape index (κ2) is 3.42. The van der Waals surface area contributed by atoms with Crippen molar-refractivity contribution in [3.63, 3.8) is 0 Å². The molecule has 3 aliphatic rings. The van der Waals surface area contributed by atoms with E-state index >= 15 is 0 Å². The smallest absolute Gasteiger partial charge is 0.240 e. The predicted molar refractivity (Wildman–Crippen MR) is 63.8 cm³/mol. The van der Waals surface area contributed by atoms with Crippen molar-refractivity contribution < 1.29 is 14.3 Å². The molecule has 3 fully saturated rings. The van der Waals surface area contributed by atoms with E-state index in [1.807, 2.05) is 18.2 Å². The number of amides is 2. The van der Waals surface area contributed by atoms with Gasteiger partial charge in [-0.3, -0.25) is 9.59 Å². The molecule has 0 aromatic heterocycles. The number of ether oxygens (including phenoxy) is 1. The fourth-order valence-corrected chi connectivity index (χ4v) is 3.54. The molecule has 0 saturated carbocycles. The number of nitrogens with zero attached hydrogens (tertiary/aromatic N) is 1. The minimum atomic E-state index is -0.239. The Bertz CT molecular complexity index is 499. The molecule has 0 spiro atoms. The maximum absolute atomic E-state index is 12.4. The lowest BCUT2D eigenvalue weighted by Crippen LogP contribution is -2.34. The molecule has 3 saturated heterocycles. The van der Waals surface area contributed by atoms with E-state index in [0.29, 0.717) is 5.69 Å². The van der Waals surface area contributed by atoms with E-state index in [0.717, 1.165) is 12.8 Å². The Morgan fingerprint density at radius 1 is 0.944 bits per heavy atom. The minimum Gasteiger partial charge on any atom is -0.373 e. The van der Waals surface area contributed by atoms with E-state index in [-0.39, 0.29) is 35.9 Å². The van der Waals surface area contributed by atoms with Crippen LogP contribution >= 0.6 is 0 Å². The topological polar surface area (TPSA) is 46.6 Å². The molecular formula is C14H13NO3. The number of fused-ring (bicyclic) bond motifs is 5. The zero-order valence-corrected chi connectivity index (χ0v) is 9.78. The fourth-order valence-electron chi connectivity index (χ4n) is 3.54. The number of carbonyl (C=O) groups is 2. The molecule has 4 rings (SSSR count). The molecule has 4 heteroatoms. The molecule has 0 aliphatic carbocycles. The second-order valence-electron chi connectivity index (χ2n) is 5.19. The molecule has 2 bridgehead atoms. The number of hydrogen-bond donors (Lipinski definition) is 0. The summed E-state index contributed by atoms with van der Waals surface area (Å²) in [6, 6.07) is 9.17. The van der Waals surface area contributed by atoms with Crippen LogP contribution in [0.4, 0.5) is 5.69 Å². The molecule has 1 aromatic rings. The number of carbonyl (C=O) groups excluding carboxylic acids is 2. The van der Waals surface area contributed by atoms with Gasteiger partial charge < -0.3 is 4.74 Å². The molecule has 2 unspecified atom stereocenters. The van der Waals surface area contributed by atoms with Crippen LogP contribution in [-0.2, 0) is 14.3 Å². The van der Waals surface area contributed by atoms with Crippen molar-refractivity contribution in [1.29, 1.82) is 0 Å². The van der Waals surface area contributed by atoms with Crippen molar-refractivity contribution in [2.45, 2.75) is 25.0 Å². The number of imide groups is 1. The highest BCUT2D eigenvalue weighted by molar-refractivity contribution is 6.22. The number of benzene rings is 1. The molecule has 18 heavy (non-hydrogen) atoms. The van der Waals surface area contributed by atoms with E-state index in [1.54, 1.807) is 12.1 Å². The quantitative estimate of drug-likeness (QED) is 0.699. The number of rotatable bonds is 1. The molecular weight excluding hydrogens is 230 g/mol. The van der Waals surface area contributed by atoms with Crippen LogP contribution in [0.25, 0.3) is 0 Å². The summed E-state index contributed by atoms with van der Waals surface area (Å²) in [5.41, 5.74) is 0.682. The van der Waals surface area contributed by atoms with Gasteiger partial charge in [0.25, 0.3) is 0 Å². The van der Waals surface area contributed by atoms with Crippen molar-refractivity contribution in [3.8, 4) is 0 Å². The van der Waals surface area contributed by atoms with Gasteiger partial charge in [0, 0.05) is 0 Å². The molecule has 4 atom stereocenters. The highest BCUT2D eigenvalue weighted by Gasteiger charge is 2.62. The standard InChI is InChI=1S/C14H13NO3/c16-13-11-9-6-7-10(18-9)12(11)14(17)15(13)8-4-2-1-3-5-8/h1-5,9-12H,6-7H2/t9-,10-,11?,12?/m1/s1. The van der Waals surface area contributed by atoms with Crippen molar-refractivity contribution >= 4 is 17.5 Å². The molecule has 3 heterocycles. The monoisotopic (exact) mass is 243 g/mol. The van der Waals surface area contributed by atoms with Gasteiger partial charge in [-0.2, -0.15) is 0 Å². The third-order valence-electron chi connectivity index (χ3n) is 4.30. The minimum absolute atomic E-state index is 0.0369. The van der Waals surface area contributed by atoms with E-state index in [9.17, 15) is 9.59 Å². The van der Waals surface area contributed by atoms with Gasteiger partial charge in [-0.25, -0.2) is 4.90 Å². The van der Waals surface area contributed by atoms with Crippen LogP contribution in [0, 0.1) is 11.8 Å². The molecule has 0 radical (unpaired) electrons. The Morgan fingerprint density at radius 2 is 1.50 bits per heavy atom. The first-order chi connectivity index (χ1) is 8.77. The van der Waals surface area contributed by atoms with Crippen LogP contribution in [-0.4, -0.2) is 24.0 Å². The summed E-state index contributed by atoms with van der Waals surface area (Å²) >= 11 is 0. The summed E-state index contributed by atoms with van der Waals surface area (Å²) in [5, 5.41) is 0. The Hall–Kier alpha value is -1.68. The van der Waals surface area contributed by atoms with Gasteiger partial charge in [-0.05, 0) is 25.0 Å². The van der Waals surface area contributed by atoms with Gasteiger partial charge in [0.05, 0.1) is 29.7 Å². The van der Waals surface area contributed by atoms with Gasteiger partial charge in [0.1, 0.15) is 0 Å². The molecule has 1 aromatic carbocycles. The van der Waals surface area contributed by atoms with E-state index in [2.05, 4.69) is 0 Å². The summed E-state index contributed by atoms with van der Waals surface area (Å²) in [4.78, 5) is 26.2. The first-order valence-corrected chi connectivity index (χ1v) is 6.36. The predicted octanol–water partition coefficient (Wildman–Crippen LogP) is 1.35. The Morgan fingerprint density at radius 3 is 2.06 bits per heavy atom. The summed E-state index contributed by atoms with van der Waals surface area (Å²) < 4.78 is 5.70. The van der Waals surface area contributed by atoms with Crippen molar-refractivity contribution in [2.24, 2.45) is 11.8 Å². The number of anilines is 1. The largest absolute Gasteiger partial charge is 0.373 e. The first kappa shape index (κ1) is 10.3. The maximum atomic E-state index is 12.4. The summed E-state index contributed by atoms with van der Waals surface area (Å²) in [6.07, 6.45) is 1.75. The zero-order chi connectivity index (χ0) is 12.3. The zero-order valence-electron chi connectivity index (χ0n) is 9.78. The molecule has 0 N–H and O–H groups in total. The van der Waals surface area contributed by atoms with Crippen LogP contribution in [0.2, 0.25) is 0 Å². The number of hydrogen-bond acceptors (Lipinski definition) is 3. The van der Waals surface area contributed by atoms with Gasteiger partial charge >= 0.3 is 0 Å². The lowest BCUT2D eigenvalue weighted by Gasteiger charge is -2.17. The number of para-hydroxylation sites is 1. The van der Waals surface area contributed by atoms with Gasteiger partial charge in [-0.15, -0.1) is 0 Å². The van der Waals surface area contributed by atoms with E-state index in [4.69, 9.17) is 4.74 Å². The maximum Gasteiger partial charge on any atom is 0.240 e. The Balaban J connectivity index is 1.76. The van der Waals surface area contributed by atoms with Crippen LogP contribution in [0.5, 0.6) is 0 Å². The normalized spacial score (nSPS) is 37.4. The molecule has 92 valence electrons. The first-order valence-electron chi connectivity index (χ1n) is 6.36. The Labute approximate surface area is 105 Å². The molecule has 2 amide bonds. The Kier molecular flexibility index (Phi) is 1.95. The average Bonchev–Trinajstić information content (AvgIpc) is 3.05. The van der Waals surface area contributed by atoms with Crippen LogP contribution < -0.4 is 4.90 Å². The van der Waals surface area contributed by atoms with Gasteiger partial charge in [0.2, 0.25) is 11.8 Å². The van der Waals surface area contributed by atoms with Gasteiger partial charge in [-0.1, -0.05) is 18.2 Å². The lowest BCUT2D eigenvalue weighted by atomic mass is 9.81. The SMILES string of the molecule is O=C1C2C(C(=O)N1c1ccccc1)[C@H]1CC[C@H]2O1. The van der Waals surface area contributed by atoms with Crippen molar-refractivity contribution in [3.05, 3.63) is 30.3 Å². The fraction of sp³-hybridized carbons (Fsp3) is 0.429. The van der Waals surface area contributed by atoms with Crippen molar-refractivity contribution in [1.82, 2.24) is 0 Å². The third kappa shape index (κ3) is 1.13. The summed E-state index contributed by atoms with van der Waals surface area (Å²) in [6.45, 7) is 0. The van der Waals surface area contributed by atoms with Crippen LogP contribution in [0.3, 0.4) is 0 Å². The lowest BCUT2D eigenvalue weighted by molar-refractivity contribution is -0.124. The second-order valence-corrected chi connectivity index (χ2v) is 5.19. The third-order valence-corrected chi connectivity index (χ3v) is 4.30.